The second-order valence-corrected chi connectivity index (χ2v) is 11.8. The Morgan fingerprint density at radius 3 is 2.47 bits per heavy atom. The molecule has 5 rings (SSSR count). The Labute approximate surface area is 251 Å². The molecule has 0 aliphatic carbocycles. The van der Waals surface area contributed by atoms with Crippen LogP contribution < -0.4 is 5.56 Å². The van der Waals surface area contributed by atoms with Gasteiger partial charge in [-0.05, 0) is 83.6 Å². The van der Waals surface area contributed by atoms with E-state index in [0.717, 1.165) is 34.9 Å². The summed E-state index contributed by atoms with van der Waals surface area (Å²) in [6.45, 7) is 2.43. The molecule has 0 saturated carbocycles. The minimum atomic E-state index is -4.58. The highest BCUT2D eigenvalue weighted by atomic mass is 32.2. The molecule has 1 aromatic heterocycles. The van der Waals surface area contributed by atoms with E-state index in [0.29, 0.717) is 41.1 Å². The van der Waals surface area contributed by atoms with Crippen molar-refractivity contribution in [1.29, 1.82) is 0 Å². The third-order valence-corrected chi connectivity index (χ3v) is 9.07. The Balaban J connectivity index is 1.78. The molecule has 0 radical (unpaired) electrons. The number of nitrogens with zero attached hydrogens (tertiary/aromatic N) is 2. The fraction of sp³-hybridized carbons (Fsp3) is 0.333. The van der Waals surface area contributed by atoms with Crippen molar-refractivity contribution in [2.24, 2.45) is 0 Å². The Morgan fingerprint density at radius 2 is 1.74 bits per heavy atom. The van der Waals surface area contributed by atoms with Crippen LogP contribution in [-0.2, 0) is 23.8 Å². The summed E-state index contributed by atoms with van der Waals surface area (Å²) in [6, 6.07) is 17.5. The van der Waals surface area contributed by atoms with E-state index in [1.807, 2.05) is 53.7 Å². The van der Waals surface area contributed by atoms with Gasteiger partial charge in [0.05, 0.1) is 5.56 Å². The number of hydrogen-bond donors (Lipinski definition) is 2. The minimum absolute atomic E-state index is 0.0557. The van der Waals surface area contributed by atoms with Crippen molar-refractivity contribution in [2.75, 3.05) is 19.7 Å². The summed E-state index contributed by atoms with van der Waals surface area (Å²) in [5.41, 5.74) is 1.40. The summed E-state index contributed by atoms with van der Waals surface area (Å²) < 4.78 is 44.9. The second kappa shape index (κ2) is 13.0. The first-order valence-electron chi connectivity index (χ1n) is 14.3. The van der Waals surface area contributed by atoms with Gasteiger partial charge in [-0.25, -0.2) is 9.10 Å². The van der Waals surface area contributed by atoms with E-state index in [4.69, 9.17) is 0 Å². The number of aliphatic carboxylic acids is 1. The predicted molar refractivity (Wildman–Crippen MR) is 162 cm³/mol. The number of aliphatic hydroxyl groups excluding tert-OH is 1. The van der Waals surface area contributed by atoms with Gasteiger partial charge in [-0.3, -0.25) is 9.36 Å². The maximum Gasteiger partial charge on any atom is 0.416 e. The summed E-state index contributed by atoms with van der Waals surface area (Å²) in [5, 5.41) is 21.7. The lowest BCUT2D eigenvalue weighted by molar-refractivity contribution is -0.141. The van der Waals surface area contributed by atoms with E-state index in [-0.39, 0.29) is 31.6 Å². The van der Waals surface area contributed by atoms with Crippen molar-refractivity contribution in [3.8, 4) is 11.1 Å². The molecule has 3 aromatic carbocycles. The average molecular weight is 611 g/mol. The molecule has 0 spiro atoms. The molecule has 0 amide bonds. The summed E-state index contributed by atoms with van der Waals surface area (Å²) in [5.74, 6) is -1.18. The largest absolute Gasteiger partial charge is 0.480 e. The Morgan fingerprint density at radius 1 is 1.00 bits per heavy atom. The quantitative estimate of drug-likeness (QED) is 0.149. The molecule has 1 unspecified atom stereocenters. The Kier molecular flexibility index (Phi) is 9.29. The minimum Gasteiger partial charge on any atom is -0.480 e. The first kappa shape index (κ1) is 30.8. The maximum atomic E-state index is 14.1. The van der Waals surface area contributed by atoms with E-state index in [1.165, 1.54) is 22.6 Å². The number of pyridine rings is 1. The number of benzene rings is 3. The molecule has 6 nitrogen and oxygen atoms in total. The summed E-state index contributed by atoms with van der Waals surface area (Å²) in [4.78, 5) is 26.7. The number of aromatic nitrogens is 1. The third-order valence-electron chi connectivity index (χ3n) is 7.91. The summed E-state index contributed by atoms with van der Waals surface area (Å²) >= 11 is 1.22. The topological polar surface area (TPSA) is 82.8 Å². The monoisotopic (exact) mass is 610 g/mol. The number of carbonyl (C=O) groups is 1. The fourth-order valence-corrected chi connectivity index (χ4v) is 7.13. The molecule has 0 saturated heterocycles. The van der Waals surface area contributed by atoms with E-state index < -0.39 is 29.3 Å². The van der Waals surface area contributed by atoms with Gasteiger partial charge in [-0.2, -0.15) is 13.2 Å². The van der Waals surface area contributed by atoms with Crippen LogP contribution in [-0.4, -0.2) is 44.8 Å². The molecule has 1 aliphatic heterocycles. The number of alkyl halides is 3. The predicted octanol–water partition coefficient (Wildman–Crippen LogP) is 6.95. The van der Waals surface area contributed by atoms with Crippen LogP contribution in [0.15, 0.2) is 76.6 Å². The third kappa shape index (κ3) is 6.37. The highest BCUT2D eigenvalue weighted by Crippen LogP contribution is 2.43. The zero-order valence-corrected chi connectivity index (χ0v) is 24.5. The number of unbranched alkanes of at least 4 members (excludes halogenated alkanes) is 2. The number of fused-ring (bicyclic) bond motifs is 2. The number of rotatable bonds is 10. The van der Waals surface area contributed by atoms with Crippen molar-refractivity contribution < 1.29 is 28.2 Å². The van der Waals surface area contributed by atoms with Gasteiger partial charge in [0.15, 0.2) is 0 Å². The molecule has 226 valence electrons. The molecule has 0 bridgehead atoms. The molecule has 2 N–H and O–H groups in total. The van der Waals surface area contributed by atoms with Gasteiger partial charge in [0.1, 0.15) is 11.1 Å². The zero-order valence-electron chi connectivity index (χ0n) is 23.7. The molecule has 4 aromatic rings. The number of halogens is 3. The van der Waals surface area contributed by atoms with E-state index in [2.05, 4.69) is 0 Å². The molecule has 1 atom stereocenters. The first-order valence-corrected chi connectivity index (χ1v) is 15.1. The average Bonchev–Trinajstić information content (AvgIpc) is 2.99. The summed E-state index contributed by atoms with van der Waals surface area (Å²) in [6.07, 6.45) is -1.97. The zero-order chi connectivity index (χ0) is 30.7. The van der Waals surface area contributed by atoms with Gasteiger partial charge >= 0.3 is 12.1 Å². The van der Waals surface area contributed by atoms with Crippen molar-refractivity contribution in [3.63, 3.8) is 0 Å². The van der Waals surface area contributed by atoms with Crippen molar-refractivity contribution in [2.45, 2.75) is 56.3 Å². The number of aliphatic hydroxyl groups is 1. The standard InChI is InChI=1S/C33H33F3N2O4S/c1-2-25-27(19-22-12-8-11-21-10-4-5-15-26(21)22)29(23-13-9-14-24(18-23)33(34,35)36)31-38(30(25)40)28(32(41)42)20-37(43-31)16-6-3-7-17-39/h4-5,8-15,18,28,39H,2-3,6-7,16-17,19-20H2,1H3,(H,41,42). The van der Waals surface area contributed by atoms with E-state index >= 15 is 0 Å². The van der Waals surface area contributed by atoms with Gasteiger partial charge in [-0.15, -0.1) is 0 Å². The molecule has 1 aliphatic rings. The van der Waals surface area contributed by atoms with Gasteiger partial charge in [0, 0.05) is 30.8 Å². The van der Waals surface area contributed by atoms with Gasteiger partial charge in [0.25, 0.3) is 5.56 Å². The highest BCUT2D eigenvalue weighted by Gasteiger charge is 2.37. The lowest BCUT2D eigenvalue weighted by Crippen LogP contribution is -2.43. The van der Waals surface area contributed by atoms with E-state index in [1.54, 1.807) is 6.07 Å². The lowest BCUT2D eigenvalue weighted by Gasteiger charge is -2.35. The van der Waals surface area contributed by atoms with Crippen LogP contribution in [0.3, 0.4) is 0 Å². The van der Waals surface area contributed by atoms with Crippen molar-refractivity contribution in [1.82, 2.24) is 8.87 Å². The molecular weight excluding hydrogens is 577 g/mol. The van der Waals surface area contributed by atoms with Crippen molar-refractivity contribution in [3.05, 3.63) is 99.3 Å². The van der Waals surface area contributed by atoms with E-state index in [9.17, 15) is 33.0 Å². The molecular formula is C33H33F3N2O4S. The molecule has 2 heterocycles. The van der Waals surface area contributed by atoms with Gasteiger partial charge < -0.3 is 10.2 Å². The summed E-state index contributed by atoms with van der Waals surface area (Å²) in [7, 11) is 0. The number of carboxylic acid groups (broad SMARTS) is 1. The number of hydrogen-bond acceptors (Lipinski definition) is 5. The van der Waals surface area contributed by atoms with Crippen LogP contribution >= 0.6 is 11.9 Å². The van der Waals surface area contributed by atoms with Crippen LogP contribution in [0.25, 0.3) is 21.9 Å². The smallest absolute Gasteiger partial charge is 0.416 e. The Bertz CT molecular complexity index is 1700. The van der Waals surface area contributed by atoms with Crippen LogP contribution in [0.1, 0.15) is 54.5 Å². The fourth-order valence-electron chi connectivity index (χ4n) is 5.82. The van der Waals surface area contributed by atoms with Gasteiger partial charge in [-0.1, -0.05) is 61.5 Å². The van der Waals surface area contributed by atoms with Crippen LogP contribution in [0.5, 0.6) is 0 Å². The second-order valence-electron chi connectivity index (χ2n) is 10.7. The highest BCUT2D eigenvalue weighted by molar-refractivity contribution is 7.97. The molecule has 10 heteroatoms. The lowest BCUT2D eigenvalue weighted by atomic mass is 9.89. The maximum absolute atomic E-state index is 14.1. The Hall–Kier alpha value is -3.60. The van der Waals surface area contributed by atoms with Crippen molar-refractivity contribution >= 4 is 28.7 Å². The van der Waals surface area contributed by atoms with Crippen LogP contribution in [0.2, 0.25) is 0 Å². The molecule has 43 heavy (non-hydrogen) atoms. The first-order chi connectivity index (χ1) is 20.6. The SMILES string of the molecule is CCc1c(Cc2cccc3ccccc23)c(-c2cccc(C(F)(F)F)c2)c2n(c1=O)C(C(=O)O)CN(CCCCCO)S2. The normalized spacial score (nSPS) is 15.5. The van der Waals surface area contributed by atoms with Gasteiger partial charge in [0.2, 0.25) is 0 Å². The number of carboxylic acids is 1. The van der Waals surface area contributed by atoms with Crippen LogP contribution in [0.4, 0.5) is 13.2 Å². The molecule has 0 fully saturated rings. The van der Waals surface area contributed by atoms with Crippen LogP contribution in [0, 0.1) is 0 Å².